The summed E-state index contributed by atoms with van der Waals surface area (Å²) in [6.45, 7) is 8.37. The van der Waals surface area contributed by atoms with Gasteiger partial charge in [-0.05, 0) is 51.4 Å². The summed E-state index contributed by atoms with van der Waals surface area (Å²) >= 11 is 0. The molecule has 0 amide bonds. The van der Waals surface area contributed by atoms with Crippen LogP contribution in [0.3, 0.4) is 0 Å². The Morgan fingerprint density at radius 1 is 1.20 bits per heavy atom. The van der Waals surface area contributed by atoms with Crippen LogP contribution in [0.4, 0.5) is 0 Å². The molecule has 0 aliphatic heterocycles. The second-order valence-corrected chi connectivity index (χ2v) is 7.36. The van der Waals surface area contributed by atoms with Crippen LogP contribution in [0.15, 0.2) is 0 Å². The van der Waals surface area contributed by atoms with Crippen LogP contribution in [-0.2, 0) is 0 Å². The van der Waals surface area contributed by atoms with Crippen LogP contribution in [0.1, 0.15) is 65.2 Å². The summed E-state index contributed by atoms with van der Waals surface area (Å²) in [4.78, 5) is 2.59. The van der Waals surface area contributed by atoms with Gasteiger partial charge in [0.05, 0.1) is 0 Å². The SMILES string of the molecule is CC(C)N(CCCO)CC1(CNC2CC2)CCCCC1. The third kappa shape index (κ3) is 5.01. The van der Waals surface area contributed by atoms with Crippen molar-refractivity contribution in [1.29, 1.82) is 0 Å². The highest BCUT2D eigenvalue weighted by Crippen LogP contribution is 2.37. The highest BCUT2D eigenvalue weighted by Gasteiger charge is 2.35. The van der Waals surface area contributed by atoms with Crippen molar-refractivity contribution in [1.82, 2.24) is 10.2 Å². The molecule has 2 fully saturated rings. The van der Waals surface area contributed by atoms with Crippen LogP contribution in [0.5, 0.6) is 0 Å². The molecule has 20 heavy (non-hydrogen) atoms. The van der Waals surface area contributed by atoms with Crippen LogP contribution in [0.2, 0.25) is 0 Å². The van der Waals surface area contributed by atoms with Gasteiger partial charge in [0, 0.05) is 38.3 Å². The van der Waals surface area contributed by atoms with Gasteiger partial charge in [-0.1, -0.05) is 19.3 Å². The van der Waals surface area contributed by atoms with Crippen molar-refractivity contribution >= 4 is 0 Å². The third-order valence-electron chi connectivity index (χ3n) is 5.13. The summed E-state index contributed by atoms with van der Waals surface area (Å²) in [5.41, 5.74) is 0.487. The molecule has 0 bridgehead atoms. The zero-order valence-electron chi connectivity index (χ0n) is 13.5. The van der Waals surface area contributed by atoms with Crippen LogP contribution >= 0.6 is 0 Å². The van der Waals surface area contributed by atoms with Gasteiger partial charge >= 0.3 is 0 Å². The van der Waals surface area contributed by atoms with E-state index in [2.05, 4.69) is 24.1 Å². The molecular formula is C17H34N2O. The smallest absolute Gasteiger partial charge is 0.0443 e. The Labute approximate surface area is 125 Å². The molecule has 3 heteroatoms. The Kier molecular flexibility index (Phi) is 6.31. The maximum absolute atomic E-state index is 9.11. The molecule has 118 valence electrons. The summed E-state index contributed by atoms with van der Waals surface area (Å²) in [7, 11) is 0. The van der Waals surface area contributed by atoms with Gasteiger partial charge in [0.1, 0.15) is 0 Å². The third-order valence-corrected chi connectivity index (χ3v) is 5.13. The van der Waals surface area contributed by atoms with Gasteiger partial charge in [0.25, 0.3) is 0 Å². The number of nitrogens with zero attached hydrogens (tertiary/aromatic N) is 1. The minimum atomic E-state index is 0.316. The summed E-state index contributed by atoms with van der Waals surface area (Å²) < 4.78 is 0. The Morgan fingerprint density at radius 3 is 2.45 bits per heavy atom. The Balaban J connectivity index is 1.92. The molecule has 2 saturated carbocycles. The first-order chi connectivity index (χ1) is 9.65. The van der Waals surface area contributed by atoms with E-state index in [0.717, 1.165) is 19.0 Å². The second-order valence-electron chi connectivity index (χ2n) is 7.36. The molecular weight excluding hydrogens is 248 g/mol. The number of nitrogens with one attached hydrogen (secondary N) is 1. The van der Waals surface area contributed by atoms with Crippen molar-refractivity contribution in [2.75, 3.05) is 26.2 Å². The minimum absolute atomic E-state index is 0.316. The van der Waals surface area contributed by atoms with Crippen molar-refractivity contribution < 1.29 is 5.11 Å². The molecule has 0 unspecified atom stereocenters. The lowest BCUT2D eigenvalue weighted by Gasteiger charge is -2.43. The molecule has 0 aromatic heterocycles. The summed E-state index contributed by atoms with van der Waals surface area (Å²) in [6.07, 6.45) is 10.7. The number of rotatable bonds is 9. The summed E-state index contributed by atoms with van der Waals surface area (Å²) in [5, 5.41) is 12.9. The Hall–Kier alpha value is -0.120. The average molecular weight is 282 g/mol. The standard InChI is InChI=1S/C17H34N2O/c1-15(2)19(11-6-12-20)14-17(9-4-3-5-10-17)13-18-16-7-8-16/h15-16,18,20H,3-14H2,1-2H3. The molecule has 0 radical (unpaired) electrons. The maximum atomic E-state index is 9.11. The zero-order valence-corrected chi connectivity index (χ0v) is 13.5. The van der Waals surface area contributed by atoms with E-state index in [-0.39, 0.29) is 0 Å². The van der Waals surface area contributed by atoms with Crippen LogP contribution < -0.4 is 5.32 Å². The monoisotopic (exact) mass is 282 g/mol. The molecule has 0 spiro atoms. The van der Waals surface area contributed by atoms with Crippen LogP contribution in [-0.4, -0.2) is 48.3 Å². The van der Waals surface area contributed by atoms with Gasteiger partial charge in [-0.25, -0.2) is 0 Å². The highest BCUT2D eigenvalue weighted by molar-refractivity contribution is 4.92. The molecule has 3 nitrogen and oxygen atoms in total. The van der Waals surface area contributed by atoms with Gasteiger partial charge in [0.2, 0.25) is 0 Å². The molecule has 2 aliphatic rings. The Bertz CT molecular complexity index is 270. The van der Waals surface area contributed by atoms with Crippen molar-refractivity contribution in [2.24, 2.45) is 5.41 Å². The van der Waals surface area contributed by atoms with Gasteiger partial charge < -0.3 is 15.3 Å². The minimum Gasteiger partial charge on any atom is -0.396 e. The van der Waals surface area contributed by atoms with Gasteiger partial charge in [-0.2, -0.15) is 0 Å². The van der Waals surface area contributed by atoms with E-state index in [4.69, 9.17) is 5.11 Å². The van der Waals surface area contributed by atoms with E-state index in [9.17, 15) is 0 Å². The van der Waals surface area contributed by atoms with E-state index < -0.39 is 0 Å². The topological polar surface area (TPSA) is 35.5 Å². The van der Waals surface area contributed by atoms with Gasteiger partial charge in [-0.3, -0.25) is 0 Å². The summed E-state index contributed by atoms with van der Waals surface area (Å²) in [5.74, 6) is 0. The lowest BCUT2D eigenvalue weighted by atomic mass is 9.73. The number of hydrogen-bond donors (Lipinski definition) is 2. The number of hydrogen-bond acceptors (Lipinski definition) is 3. The second kappa shape index (κ2) is 7.77. The molecule has 0 aromatic carbocycles. The first-order valence-corrected chi connectivity index (χ1v) is 8.73. The van der Waals surface area contributed by atoms with Crippen LogP contribution in [0, 0.1) is 5.41 Å². The van der Waals surface area contributed by atoms with Gasteiger partial charge in [-0.15, -0.1) is 0 Å². The fourth-order valence-corrected chi connectivity index (χ4v) is 3.57. The fraction of sp³-hybridized carbons (Fsp3) is 1.00. The molecule has 0 heterocycles. The lowest BCUT2D eigenvalue weighted by molar-refractivity contribution is 0.0781. The molecule has 0 atom stereocenters. The zero-order chi connectivity index (χ0) is 14.4. The van der Waals surface area contributed by atoms with Crippen LogP contribution in [0.25, 0.3) is 0 Å². The van der Waals surface area contributed by atoms with Crippen molar-refractivity contribution in [3.63, 3.8) is 0 Å². The molecule has 2 N–H and O–H groups in total. The average Bonchev–Trinajstić information content (AvgIpc) is 3.26. The van der Waals surface area contributed by atoms with Crippen molar-refractivity contribution in [3.8, 4) is 0 Å². The predicted octanol–water partition coefficient (Wildman–Crippen LogP) is 2.78. The summed E-state index contributed by atoms with van der Waals surface area (Å²) in [6, 6.07) is 1.40. The lowest BCUT2D eigenvalue weighted by Crippen LogP contribution is -2.48. The van der Waals surface area contributed by atoms with Crippen molar-refractivity contribution in [2.45, 2.75) is 77.3 Å². The molecule has 0 saturated heterocycles. The maximum Gasteiger partial charge on any atom is 0.0443 e. The fourth-order valence-electron chi connectivity index (χ4n) is 3.57. The van der Waals surface area contributed by atoms with E-state index in [1.165, 1.54) is 58.0 Å². The van der Waals surface area contributed by atoms with E-state index in [1.54, 1.807) is 0 Å². The van der Waals surface area contributed by atoms with E-state index in [1.807, 2.05) is 0 Å². The predicted molar refractivity (Wildman–Crippen MR) is 85.0 cm³/mol. The van der Waals surface area contributed by atoms with Gasteiger partial charge in [0.15, 0.2) is 0 Å². The first-order valence-electron chi connectivity index (χ1n) is 8.73. The molecule has 2 aliphatic carbocycles. The highest BCUT2D eigenvalue weighted by atomic mass is 16.3. The first kappa shape index (κ1) is 16.3. The van der Waals surface area contributed by atoms with E-state index in [0.29, 0.717) is 18.1 Å². The molecule has 2 rings (SSSR count). The largest absolute Gasteiger partial charge is 0.396 e. The number of aliphatic hydroxyl groups is 1. The Morgan fingerprint density at radius 2 is 1.90 bits per heavy atom. The van der Waals surface area contributed by atoms with Crippen molar-refractivity contribution in [3.05, 3.63) is 0 Å². The normalized spacial score (nSPS) is 22.6. The van der Waals surface area contributed by atoms with E-state index >= 15 is 0 Å². The number of aliphatic hydroxyl groups excluding tert-OH is 1. The molecule has 0 aromatic rings. The quantitative estimate of drug-likeness (QED) is 0.682.